The first-order valence-corrected chi connectivity index (χ1v) is 7.23. The Morgan fingerprint density at radius 1 is 1.10 bits per heavy atom. The van der Waals surface area contributed by atoms with Crippen molar-refractivity contribution in [3.05, 3.63) is 77.0 Å². The Balaban J connectivity index is 2.03. The molecule has 0 unspecified atom stereocenters. The number of allylic oxidation sites excluding steroid dienone is 1. The van der Waals surface area contributed by atoms with Crippen molar-refractivity contribution in [1.29, 1.82) is 0 Å². The molecule has 0 spiro atoms. The maximum absolute atomic E-state index is 12.2. The monoisotopic (exact) mass is 279 g/mol. The first-order valence-electron chi connectivity index (χ1n) is 7.23. The number of hydrogen-bond acceptors (Lipinski definition) is 2. The van der Waals surface area contributed by atoms with E-state index in [-0.39, 0.29) is 5.78 Å². The van der Waals surface area contributed by atoms with Crippen LogP contribution in [0.3, 0.4) is 0 Å². The van der Waals surface area contributed by atoms with Crippen molar-refractivity contribution >= 4 is 11.5 Å². The summed E-state index contributed by atoms with van der Waals surface area (Å²) < 4.78 is 0. The predicted molar refractivity (Wildman–Crippen MR) is 88.8 cm³/mol. The number of carbonyl (C=O) groups excluding carboxylic acids is 1. The van der Waals surface area contributed by atoms with Crippen LogP contribution < -0.4 is 5.32 Å². The van der Waals surface area contributed by atoms with E-state index in [0.717, 1.165) is 28.8 Å². The number of carbonyl (C=O) groups is 1. The lowest BCUT2D eigenvalue weighted by Crippen LogP contribution is -1.99. The molecule has 0 aromatic heterocycles. The van der Waals surface area contributed by atoms with Gasteiger partial charge in [-0.1, -0.05) is 36.8 Å². The van der Waals surface area contributed by atoms with E-state index < -0.39 is 0 Å². The summed E-state index contributed by atoms with van der Waals surface area (Å²) in [5, 5.41) is 3.13. The van der Waals surface area contributed by atoms with Gasteiger partial charge in [0.05, 0.1) is 0 Å². The molecule has 108 valence electrons. The molecule has 0 fully saturated rings. The summed E-state index contributed by atoms with van der Waals surface area (Å²) in [5.74, 6) is 0.0221. The quantitative estimate of drug-likeness (QED) is 0.636. The minimum absolute atomic E-state index is 0.0221. The number of ketones is 1. The summed E-state index contributed by atoms with van der Waals surface area (Å²) in [7, 11) is 0. The van der Waals surface area contributed by atoms with Gasteiger partial charge in [0.15, 0.2) is 5.78 Å². The highest BCUT2D eigenvalue weighted by Gasteiger charge is 2.05. The second kappa shape index (κ2) is 6.89. The van der Waals surface area contributed by atoms with Crippen molar-refractivity contribution in [2.75, 3.05) is 5.32 Å². The third kappa shape index (κ3) is 4.06. The van der Waals surface area contributed by atoms with Crippen molar-refractivity contribution in [1.82, 2.24) is 0 Å². The van der Waals surface area contributed by atoms with E-state index in [1.54, 1.807) is 12.3 Å². The normalized spacial score (nSPS) is 10.8. The topological polar surface area (TPSA) is 29.1 Å². The van der Waals surface area contributed by atoms with Crippen LogP contribution in [0.5, 0.6) is 0 Å². The van der Waals surface area contributed by atoms with Gasteiger partial charge in [0.2, 0.25) is 0 Å². The molecule has 0 heterocycles. The van der Waals surface area contributed by atoms with Gasteiger partial charge >= 0.3 is 0 Å². The summed E-state index contributed by atoms with van der Waals surface area (Å²) in [4.78, 5) is 12.2. The van der Waals surface area contributed by atoms with Crippen LogP contribution in [0.15, 0.2) is 54.7 Å². The lowest BCUT2D eigenvalue weighted by molar-refractivity contribution is 0.104. The molecule has 0 radical (unpaired) electrons. The average Bonchev–Trinajstić information content (AvgIpc) is 2.50. The summed E-state index contributed by atoms with van der Waals surface area (Å²) in [6.45, 7) is 6.08. The number of aryl methyl sites for hydroxylation is 3. The molecule has 21 heavy (non-hydrogen) atoms. The van der Waals surface area contributed by atoms with Crippen molar-refractivity contribution in [2.45, 2.75) is 27.2 Å². The molecule has 1 N–H and O–H groups in total. The van der Waals surface area contributed by atoms with E-state index in [4.69, 9.17) is 0 Å². The lowest BCUT2D eigenvalue weighted by Gasteiger charge is -2.04. The fraction of sp³-hybridized carbons (Fsp3) is 0.211. The molecule has 2 nitrogen and oxygen atoms in total. The summed E-state index contributed by atoms with van der Waals surface area (Å²) in [6.07, 6.45) is 4.31. The van der Waals surface area contributed by atoms with E-state index in [1.165, 1.54) is 5.56 Å². The highest BCUT2D eigenvalue weighted by atomic mass is 16.1. The smallest absolute Gasteiger partial charge is 0.187 e. The zero-order valence-electron chi connectivity index (χ0n) is 12.8. The number of benzene rings is 2. The van der Waals surface area contributed by atoms with Gasteiger partial charge in [0.1, 0.15) is 0 Å². The maximum atomic E-state index is 12.2. The maximum Gasteiger partial charge on any atom is 0.187 e. The van der Waals surface area contributed by atoms with Gasteiger partial charge in [-0.25, -0.2) is 0 Å². The van der Waals surface area contributed by atoms with Gasteiger partial charge in [-0.15, -0.1) is 0 Å². The largest absolute Gasteiger partial charge is 0.362 e. The van der Waals surface area contributed by atoms with Gasteiger partial charge in [-0.05, 0) is 49.6 Å². The Morgan fingerprint density at radius 2 is 1.81 bits per heavy atom. The second-order valence-electron chi connectivity index (χ2n) is 5.21. The molecule has 0 amide bonds. The summed E-state index contributed by atoms with van der Waals surface area (Å²) in [5.41, 5.74) is 5.14. The fourth-order valence-corrected chi connectivity index (χ4v) is 2.14. The van der Waals surface area contributed by atoms with Crippen LogP contribution in [0, 0.1) is 13.8 Å². The Labute approximate surface area is 126 Å². The van der Waals surface area contributed by atoms with Gasteiger partial charge in [0.25, 0.3) is 0 Å². The van der Waals surface area contributed by atoms with Crippen LogP contribution in [0.1, 0.15) is 34.0 Å². The molecule has 0 saturated carbocycles. The summed E-state index contributed by atoms with van der Waals surface area (Å²) in [6, 6.07) is 14.1. The van der Waals surface area contributed by atoms with Gasteiger partial charge in [0, 0.05) is 23.5 Å². The molecule has 0 aliphatic carbocycles. The zero-order valence-corrected chi connectivity index (χ0v) is 12.8. The molecular weight excluding hydrogens is 258 g/mol. The van der Waals surface area contributed by atoms with E-state index in [9.17, 15) is 4.79 Å². The molecule has 0 aliphatic rings. The molecule has 0 saturated heterocycles. The Kier molecular flexibility index (Phi) is 4.94. The highest BCUT2D eigenvalue weighted by molar-refractivity contribution is 6.05. The van der Waals surface area contributed by atoms with Crippen LogP contribution in [-0.4, -0.2) is 5.78 Å². The Hall–Kier alpha value is -2.35. The molecule has 2 aromatic carbocycles. The third-order valence-electron chi connectivity index (χ3n) is 3.51. The predicted octanol–water partition coefficient (Wildman–Crippen LogP) is 4.67. The molecule has 2 rings (SSSR count). The molecule has 0 atom stereocenters. The van der Waals surface area contributed by atoms with Gasteiger partial charge in [-0.2, -0.15) is 0 Å². The van der Waals surface area contributed by atoms with Crippen molar-refractivity contribution in [2.24, 2.45) is 0 Å². The van der Waals surface area contributed by atoms with Crippen LogP contribution in [0.4, 0.5) is 5.69 Å². The van der Waals surface area contributed by atoms with Gasteiger partial charge in [-0.3, -0.25) is 4.79 Å². The van der Waals surface area contributed by atoms with Crippen LogP contribution in [0.2, 0.25) is 0 Å². The van der Waals surface area contributed by atoms with E-state index >= 15 is 0 Å². The van der Waals surface area contributed by atoms with E-state index in [0.29, 0.717) is 0 Å². The number of nitrogens with one attached hydrogen (secondary N) is 1. The molecule has 0 aliphatic heterocycles. The van der Waals surface area contributed by atoms with Gasteiger partial charge < -0.3 is 5.32 Å². The minimum atomic E-state index is 0.0221. The van der Waals surface area contributed by atoms with Crippen molar-refractivity contribution < 1.29 is 4.79 Å². The molecule has 2 aromatic rings. The molecule has 0 bridgehead atoms. The number of rotatable bonds is 5. The standard InChI is InChI=1S/C19H21NO/c1-4-16-7-9-17(10-8-16)20-12-11-19(21)18-13-14(2)5-6-15(18)3/h5-13,20H,4H2,1-3H3. The second-order valence-corrected chi connectivity index (χ2v) is 5.21. The van der Waals surface area contributed by atoms with Crippen molar-refractivity contribution in [3.63, 3.8) is 0 Å². The highest BCUT2D eigenvalue weighted by Crippen LogP contribution is 2.13. The first-order chi connectivity index (χ1) is 10.1. The Bertz CT molecular complexity index is 654. The Morgan fingerprint density at radius 3 is 2.48 bits per heavy atom. The first kappa shape index (κ1) is 15.0. The molecule has 2 heteroatoms. The van der Waals surface area contributed by atoms with E-state index in [1.807, 2.05) is 44.2 Å². The number of anilines is 1. The van der Waals surface area contributed by atoms with E-state index in [2.05, 4.69) is 24.4 Å². The minimum Gasteiger partial charge on any atom is -0.362 e. The van der Waals surface area contributed by atoms with Crippen molar-refractivity contribution in [3.8, 4) is 0 Å². The fourth-order valence-electron chi connectivity index (χ4n) is 2.14. The average molecular weight is 279 g/mol. The lowest BCUT2D eigenvalue weighted by atomic mass is 10.0. The van der Waals surface area contributed by atoms with Crippen LogP contribution >= 0.6 is 0 Å². The summed E-state index contributed by atoms with van der Waals surface area (Å²) >= 11 is 0. The van der Waals surface area contributed by atoms with Crippen LogP contribution in [-0.2, 0) is 6.42 Å². The zero-order chi connectivity index (χ0) is 15.2. The number of hydrogen-bond donors (Lipinski definition) is 1. The van der Waals surface area contributed by atoms with Crippen LogP contribution in [0.25, 0.3) is 0 Å². The third-order valence-corrected chi connectivity index (χ3v) is 3.51. The SMILES string of the molecule is CCc1ccc(NC=CC(=O)c2cc(C)ccc2C)cc1. The molecular formula is C19H21NO.